The summed E-state index contributed by atoms with van der Waals surface area (Å²) in [7, 11) is 1.71. The van der Waals surface area contributed by atoms with Crippen LogP contribution in [0.25, 0.3) is 0 Å². The van der Waals surface area contributed by atoms with Crippen LogP contribution in [0.15, 0.2) is 18.2 Å². The molecule has 1 aliphatic carbocycles. The maximum absolute atomic E-state index is 5.94. The van der Waals surface area contributed by atoms with Crippen LogP contribution in [-0.4, -0.2) is 26.3 Å². The van der Waals surface area contributed by atoms with Crippen molar-refractivity contribution in [2.75, 3.05) is 20.3 Å². The third-order valence-electron chi connectivity index (χ3n) is 4.29. The topological polar surface area (TPSA) is 30.5 Å². The molecule has 0 aromatic heterocycles. The third-order valence-corrected chi connectivity index (χ3v) is 4.29. The van der Waals surface area contributed by atoms with Crippen molar-refractivity contribution >= 4 is 0 Å². The van der Waals surface area contributed by atoms with E-state index in [0.29, 0.717) is 6.04 Å². The van der Waals surface area contributed by atoms with E-state index in [0.717, 1.165) is 37.0 Å². The SMILES string of the molecule is COc1ccc(CC2CCCCN2)cc1OCC1CC1. The van der Waals surface area contributed by atoms with Gasteiger partial charge in [-0.05, 0) is 62.3 Å². The molecule has 20 heavy (non-hydrogen) atoms. The Bertz CT molecular complexity index is 437. The van der Waals surface area contributed by atoms with Crippen molar-refractivity contribution in [1.29, 1.82) is 0 Å². The molecule has 1 saturated heterocycles. The largest absolute Gasteiger partial charge is 0.493 e. The molecule has 0 amide bonds. The fraction of sp³-hybridized carbons (Fsp3) is 0.647. The Morgan fingerprint density at radius 1 is 1.15 bits per heavy atom. The number of methoxy groups -OCH3 is 1. The van der Waals surface area contributed by atoms with Crippen LogP contribution in [0, 0.1) is 5.92 Å². The van der Waals surface area contributed by atoms with Crippen LogP contribution in [0.3, 0.4) is 0 Å². The van der Waals surface area contributed by atoms with Crippen molar-refractivity contribution in [3.05, 3.63) is 23.8 Å². The van der Waals surface area contributed by atoms with Crippen LogP contribution in [-0.2, 0) is 6.42 Å². The van der Waals surface area contributed by atoms with Gasteiger partial charge in [0, 0.05) is 6.04 Å². The van der Waals surface area contributed by atoms with E-state index in [2.05, 4.69) is 17.4 Å². The number of hydrogen-bond acceptors (Lipinski definition) is 3. The fourth-order valence-electron chi connectivity index (χ4n) is 2.84. The lowest BCUT2D eigenvalue weighted by atomic mass is 9.97. The summed E-state index contributed by atoms with van der Waals surface area (Å²) in [6.45, 7) is 1.99. The van der Waals surface area contributed by atoms with Crippen LogP contribution >= 0.6 is 0 Å². The Kier molecular flexibility index (Phi) is 4.46. The maximum atomic E-state index is 5.94. The van der Waals surface area contributed by atoms with Gasteiger partial charge in [-0.25, -0.2) is 0 Å². The zero-order valence-corrected chi connectivity index (χ0v) is 12.4. The molecule has 1 saturated carbocycles. The van der Waals surface area contributed by atoms with Crippen molar-refractivity contribution in [2.24, 2.45) is 5.92 Å². The second kappa shape index (κ2) is 6.49. The van der Waals surface area contributed by atoms with Crippen molar-refractivity contribution < 1.29 is 9.47 Å². The molecule has 3 nitrogen and oxygen atoms in total. The van der Waals surface area contributed by atoms with E-state index in [4.69, 9.17) is 9.47 Å². The Morgan fingerprint density at radius 2 is 2.05 bits per heavy atom. The van der Waals surface area contributed by atoms with Crippen molar-refractivity contribution in [1.82, 2.24) is 5.32 Å². The normalized spacial score (nSPS) is 22.6. The van der Waals surface area contributed by atoms with Gasteiger partial charge in [-0.2, -0.15) is 0 Å². The fourth-order valence-corrected chi connectivity index (χ4v) is 2.84. The van der Waals surface area contributed by atoms with Crippen LogP contribution in [0.2, 0.25) is 0 Å². The average Bonchev–Trinajstić information content (AvgIpc) is 3.31. The first-order valence-electron chi connectivity index (χ1n) is 7.88. The predicted molar refractivity (Wildman–Crippen MR) is 80.6 cm³/mol. The molecule has 1 unspecified atom stereocenters. The van der Waals surface area contributed by atoms with Crippen molar-refractivity contribution in [3.63, 3.8) is 0 Å². The van der Waals surface area contributed by atoms with E-state index in [1.54, 1.807) is 7.11 Å². The molecule has 1 atom stereocenters. The molecule has 3 rings (SSSR count). The summed E-state index contributed by atoms with van der Waals surface area (Å²) in [6.07, 6.45) is 7.66. The monoisotopic (exact) mass is 275 g/mol. The molecule has 1 aromatic rings. The first-order chi connectivity index (χ1) is 9.85. The summed E-state index contributed by atoms with van der Waals surface area (Å²) in [4.78, 5) is 0. The highest BCUT2D eigenvalue weighted by Gasteiger charge is 2.22. The Balaban J connectivity index is 1.65. The molecule has 2 fully saturated rings. The highest BCUT2D eigenvalue weighted by atomic mass is 16.5. The summed E-state index contributed by atoms with van der Waals surface area (Å²) in [5.74, 6) is 2.53. The lowest BCUT2D eigenvalue weighted by Gasteiger charge is -2.23. The van der Waals surface area contributed by atoms with Gasteiger partial charge >= 0.3 is 0 Å². The van der Waals surface area contributed by atoms with Gasteiger partial charge in [0.25, 0.3) is 0 Å². The zero-order valence-electron chi connectivity index (χ0n) is 12.4. The van der Waals surface area contributed by atoms with Crippen LogP contribution in [0.1, 0.15) is 37.7 Å². The first kappa shape index (κ1) is 13.7. The molecule has 1 aromatic carbocycles. The van der Waals surface area contributed by atoms with E-state index in [1.165, 1.54) is 37.7 Å². The molecular weight excluding hydrogens is 250 g/mol. The van der Waals surface area contributed by atoms with Crippen LogP contribution < -0.4 is 14.8 Å². The lowest BCUT2D eigenvalue weighted by Crippen LogP contribution is -2.35. The number of ether oxygens (including phenoxy) is 2. The van der Waals surface area contributed by atoms with Gasteiger partial charge in [0.05, 0.1) is 13.7 Å². The number of hydrogen-bond donors (Lipinski definition) is 1. The first-order valence-corrected chi connectivity index (χ1v) is 7.88. The molecule has 1 heterocycles. The summed E-state index contributed by atoms with van der Waals surface area (Å²) in [5.41, 5.74) is 1.34. The smallest absolute Gasteiger partial charge is 0.161 e. The van der Waals surface area contributed by atoms with E-state index in [1.807, 2.05) is 6.07 Å². The average molecular weight is 275 g/mol. The van der Waals surface area contributed by atoms with Crippen molar-refractivity contribution in [3.8, 4) is 11.5 Å². The maximum Gasteiger partial charge on any atom is 0.161 e. The predicted octanol–water partition coefficient (Wildman–Crippen LogP) is 3.17. The number of benzene rings is 1. The lowest BCUT2D eigenvalue weighted by molar-refractivity contribution is 0.280. The van der Waals surface area contributed by atoms with Crippen molar-refractivity contribution in [2.45, 2.75) is 44.6 Å². The molecule has 0 spiro atoms. The standard InChI is InChI=1S/C17H25NO2/c1-19-16-8-7-14(10-15-4-2-3-9-18-15)11-17(16)20-12-13-5-6-13/h7-8,11,13,15,18H,2-6,9-10,12H2,1H3. The van der Waals surface area contributed by atoms with Gasteiger partial charge in [0.1, 0.15) is 0 Å². The van der Waals surface area contributed by atoms with E-state index in [9.17, 15) is 0 Å². The number of piperidine rings is 1. The second-order valence-corrected chi connectivity index (χ2v) is 6.09. The van der Waals surface area contributed by atoms with Gasteiger partial charge in [-0.3, -0.25) is 0 Å². The van der Waals surface area contributed by atoms with Crippen LogP contribution in [0.4, 0.5) is 0 Å². The summed E-state index contributed by atoms with van der Waals surface area (Å²) in [5, 5.41) is 3.60. The molecule has 2 aliphatic rings. The molecule has 110 valence electrons. The van der Waals surface area contributed by atoms with Crippen LogP contribution in [0.5, 0.6) is 11.5 Å². The van der Waals surface area contributed by atoms with Gasteiger partial charge in [0.2, 0.25) is 0 Å². The van der Waals surface area contributed by atoms with Gasteiger partial charge in [0.15, 0.2) is 11.5 Å². The molecular formula is C17H25NO2. The molecule has 1 N–H and O–H groups in total. The van der Waals surface area contributed by atoms with Gasteiger partial charge in [-0.1, -0.05) is 12.5 Å². The quantitative estimate of drug-likeness (QED) is 0.865. The molecule has 0 bridgehead atoms. The summed E-state index contributed by atoms with van der Waals surface area (Å²) >= 11 is 0. The zero-order chi connectivity index (χ0) is 13.8. The van der Waals surface area contributed by atoms with E-state index in [-0.39, 0.29) is 0 Å². The summed E-state index contributed by atoms with van der Waals surface area (Å²) in [6, 6.07) is 6.99. The molecule has 1 aliphatic heterocycles. The highest BCUT2D eigenvalue weighted by Crippen LogP contribution is 2.33. The van der Waals surface area contributed by atoms with E-state index >= 15 is 0 Å². The molecule has 0 radical (unpaired) electrons. The second-order valence-electron chi connectivity index (χ2n) is 6.09. The third kappa shape index (κ3) is 3.66. The minimum absolute atomic E-state index is 0.619. The van der Waals surface area contributed by atoms with E-state index < -0.39 is 0 Å². The number of nitrogens with one attached hydrogen (secondary N) is 1. The Labute approximate surface area is 121 Å². The Hall–Kier alpha value is -1.22. The minimum atomic E-state index is 0.619. The summed E-state index contributed by atoms with van der Waals surface area (Å²) < 4.78 is 11.3. The van der Waals surface area contributed by atoms with Gasteiger partial charge < -0.3 is 14.8 Å². The number of rotatable bonds is 6. The van der Waals surface area contributed by atoms with Gasteiger partial charge in [-0.15, -0.1) is 0 Å². The Morgan fingerprint density at radius 3 is 2.75 bits per heavy atom. The highest BCUT2D eigenvalue weighted by molar-refractivity contribution is 5.43. The minimum Gasteiger partial charge on any atom is -0.493 e. The molecule has 3 heteroatoms.